The van der Waals surface area contributed by atoms with E-state index < -0.39 is 11.6 Å². The summed E-state index contributed by atoms with van der Waals surface area (Å²) in [4.78, 5) is 0. The minimum atomic E-state index is -0.538. The molecule has 1 rings (SSSR count). The predicted octanol–water partition coefficient (Wildman–Crippen LogP) is 4.06. The first-order valence-corrected chi connectivity index (χ1v) is 7.53. The molecule has 1 atom stereocenters. The third-order valence-corrected chi connectivity index (χ3v) is 3.41. The zero-order valence-corrected chi connectivity index (χ0v) is 14.0. The summed E-state index contributed by atoms with van der Waals surface area (Å²) in [6.45, 7) is 8.94. The van der Waals surface area contributed by atoms with Crippen molar-refractivity contribution in [1.82, 2.24) is 5.32 Å². The third kappa shape index (κ3) is 5.46. The van der Waals surface area contributed by atoms with Gasteiger partial charge in [0.05, 0.1) is 16.7 Å². The Morgan fingerprint density at radius 2 is 1.95 bits per heavy atom. The summed E-state index contributed by atoms with van der Waals surface area (Å²) < 4.78 is 33.7. The number of likely N-dealkylation sites (N-methyl/N-ethyl adjacent to an activating group) is 1. The van der Waals surface area contributed by atoms with Crippen LogP contribution in [0.15, 0.2) is 16.6 Å². The lowest BCUT2D eigenvalue weighted by Crippen LogP contribution is -2.38. The second-order valence-electron chi connectivity index (χ2n) is 5.70. The van der Waals surface area contributed by atoms with E-state index in [-0.39, 0.29) is 28.1 Å². The molecule has 114 valence electrons. The van der Waals surface area contributed by atoms with Crippen LogP contribution in [0, 0.1) is 11.6 Å². The first-order valence-electron chi connectivity index (χ1n) is 6.74. The van der Waals surface area contributed by atoms with Gasteiger partial charge in [-0.05, 0) is 61.8 Å². The third-order valence-electron chi connectivity index (χ3n) is 2.80. The number of halogens is 3. The Morgan fingerprint density at radius 3 is 2.50 bits per heavy atom. The van der Waals surface area contributed by atoms with Gasteiger partial charge in [0.25, 0.3) is 0 Å². The average molecular weight is 350 g/mol. The fraction of sp³-hybridized carbons (Fsp3) is 0.600. The summed E-state index contributed by atoms with van der Waals surface area (Å²) in [5, 5.41) is 3.20. The van der Waals surface area contributed by atoms with Crippen molar-refractivity contribution < 1.29 is 13.5 Å². The lowest BCUT2D eigenvalue weighted by Gasteiger charge is -2.25. The number of rotatable bonds is 6. The van der Waals surface area contributed by atoms with Crippen molar-refractivity contribution >= 4 is 15.9 Å². The Labute approximate surface area is 128 Å². The standard InChI is InChI=1S/C15H22BrF2NO/c1-5-19-10(9-20-15(2,3)4)8-11-13(17)7-6-12(16)14(11)18/h6-7,10,19H,5,8-9H2,1-4H3. The summed E-state index contributed by atoms with van der Waals surface area (Å²) in [7, 11) is 0. The molecule has 1 aromatic carbocycles. The second kappa shape index (κ2) is 7.48. The van der Waals surface area contributed by atoms with E-state index in [1.54, 1.807) is 0 Å². The van der Waals surface area contributed by atoms with E-state index in [2.05, 4.69) is 21.2 Å². The number of ether oxygens (including phenoxy) is 1. The summed E-state index contributed by atoms with van der Waals surface area (Å²) in [5.41, 5.74) is -0.190. The molecule has 0 aliphatic rings. The highest BCUT2D eigenvalue weighted by atomic mass is 79.9. The van der Waals surface area contributed by atoms with Crippen molar-refractivity contribution in [1.29, 1.82) is 0 Å². The molecule has 0 aliphatic carbocycles. The molecule has 1 unspecified atom stereocenters. The predicted molar refractivity (Wildman–Crippen MR) is 80.9 cm³/mol. The molecule has 0 fully saturated rings. The van der Waals surface area contributed by atoms with Crippen LogP contribution >= 0.6 is 15.9 Å². The lowest BCUT2D eigenvalue weighted by molar-refractivity contribution is -0.0143. The number of nitrogens with one attached hydrogen (secondary N) is 1. The lowest BCUT2D eigenvalue weighted by atomic mass is 10.0. The van der Waals surface area contributed by atoms with Gasteiger partial charge in [0.15, 0.2) is 0 Å². The van der Waals surface area contributed by atoms with Gasteiger partial charge in [-0.1, -0.05) is 6.92 Å². The summed E-state index contributed by atoms with van der Waals surface area (Å²) in [6, 6.07) is 2.52. The quantitative estimate of drug-likeness (QED) is 0.781. The molecule has 0 bridgehead atoms. The van der Waals surface area contributed by atoms with Gasteiger partial charge in [-0.25, -0.2) is 8.78 Å². The molecule has 1 N–H and O–H groups in total. The topological polar surface area (TPSA) is 21.3 Å². The number of hydrogen-bond donors (Lipinski definition) is 1. The highest BCUT2D eigenvalue weighted by Gasteiger charge is 2.20. The Bertz CT molecular complexity index is 446. The van der Waals surface area contributed by atoms with E-state index in [0.717, 1.165) is 6.54 Å². The van der Waals surface area contributed by atoms with Crippen LogP contribution in [0.4, 0.5) is 8.78 Å². The van der Waals surface area contributed by atoms with Crippen molar-refractivity contribution in [2.75, 3.05) is 13.2 Å². The zero-order chi connectivity index (χ0) is 15.3. The van der Waals surface area contributed by atoms with Crippen LogP contribution in [0.3, 0.4) is 0 Å². The Hall–Kier alpha value is -0.520. The van der Waals surface area contributed by atoms with Crippen molar-refractivity contribution in [2.24, 2.45) is 0 Å². The minimum absolute atomic E-state index is 0.0860. The molecular formula is C15H22BrF2NO. The van der Waals surface area contributed by atoms with Crippen molar-refractivity contribution in [3.05, 3.63) is 33.8 Å². The van der Waals surface area contributed by atoms with Crippen LogP contribution < -0.4 is 5.32 Å². The molecule has 0 aromatic heterocycles. The fourth-order valence-electron chi connectivity index (χ4n) is 1.83. The molecule has 0 amide bonds. The first-order chi connectivity index (χ1) is 9.24. The summed E-state index contributed by atoms with van der Waals surface area (Å²) in [5.74, 6) is -1.06. The maximum absolute atomic E-state index is 14.0. The minimum Gasteiger partial charge on any atom is -0.374 e. The van der Waals surface area contributed by atoms with E-state index in [1.165, 1.54) is 12.1 Å². The average Bonchev–Trinajstić information content (AvgIpc) is 2.35. The molecule has 2 nitrogen and oxygen atoms in total. The van der Waals surface area contributed by atoms with E-state index in [4.69, 9.17) is 4.74 Å². The molecule has 0 saturated heterocycles. The van der Waals surface area contributed by atoms with Crippen LogP contribution in [-0.4, -0.2) is 24.8 Å². The van der Waals surface area contributed by atoms with Crippen LogP contribution in [0.25, 0.3) is 0 Å². The zero-order valence-electron chi connectivity index (χ0n) is 12.4. The second-order valence-corrected chi connectivity index (χ2v) is 6.56. The molecular weight excluding hydrogens is 328 g/mol. The van der Waals surface area contributed by atoms with Crippen molar-refractivity contribution in [3.63, 3.8) is 0 Å². The van der Waals surface area contributed by atoms with Gasteiger partial charge in [0.1, 0.15) is 11.6 Å². The molecule has 0 saturated carbocycles. The SMILES string of the molecule is CCNC(COC(C)(C)C)Cc1c(F)ccc(Br)c1F. The molecule has 20 heavy (non-hydrogen) atoms. The van der Waals surface area contributed by atoms with Crippen molar-refractivity contribution in [2.45, 2.75) is 45.8 Å². The summed E-state index contributed by atoms with van der Waals surface area (Å²) in [6.07, 6.45) is 0.251. The Morgan fingerprint density at radius 1 is 1.30 bits per heavy atom. The molecule has 0 radical (unpaired) electrons. The molecule has 0 spiro atoms. The van der Waals surface area contributed by atoms with E-state index in [1.807, 2.05) is 27.7 Å². The van der Waals surface area contributed by atoms with E-state index in [9.17, 15) is 8.78 Å². The fourth-order valence-corrected chi connectivity index (χ4v) is 2.20. The van der Waals surface area contributed by atoms with Crippen LogP contribution in [0.2, 0.25) is 0 Å². The molecule has 5 heteroatoms. The van der Waals surface area contributed by atoms with Gasteiger partial charge in [-0.2, -0.15) is 0 Å². The van der Waals surface area contributed by atoms with Gasteiger partial charge in [0.2, 0.25) is 0 Å². The smallest absolute Gasteiger partial charge is 0.143 e. The Kier molecular flexibility index (Phi) is 6.55. The molecule has 0 aliphatic heterocycles. The summed E-state index contributed by atoms with van der Waals surface area (Å²) >= 11 is 3.09. The van der Waals surface area contributed by atoms with Crippen molar-refractivity contribution in [3.8, 4) is 0 Å². The Balaban J connectivity index is 2.83. The highest BCUT2D eigenvalue weighted by Crippen LogP contribution is 2.23. The normalized spacial score (nSPS) is 13.6. The van der Waals surface area contributed by atoms with Crippen LogP contribution in [0.1, 0.15) is 33.3 Å². The highest BCUT2D eigenvalue weighted by molar-refractivity contribution is 9.10. The van der Waals surface area contributed by atoms with Gasteiger partial charge in [-0.3, -0.25) is 0 Å². The van der Waals surface area contributed by atoms with E-state index in [0.29, 0.717) is 6.61 Å². The van der Waals surface area contributed by atoms with Crippen LogP contribution in [0.5, 0.6) is 0 Å². The first kappa shape index (κ1) is 17.5. The largest absolute Gasteiger partial charge is 0.374 e. The van der Waals surface area contributed by atoms with Gasteiger partial charge in [-0.15, -0.1) is 0 Å². The maximum atomic E-state index is 14.0. The molecule has 0 heterocycles. The maximum Gasteiger partial charge on any atom is 0.143 e. The van der Waals surface area contributed by atoms with E-state index >= 15 is 0 Å². The number of hydrogen-bond acceptors (Lipinski definition) is 2. The van der Waals surface area contributed by atoms with Gasteiger partial charge in [0, 0.05) is 11.6 Å². The monoisotopic (exact) mass is 349 g/mol. The van der Waals surface area contributed by atoms with Crippen LogP contribution in [-0.2, 0) is 11.2 Å². The molecule has 1 aromatic rings. The van der Waals surface area contributed by atoms with Gasteiger partial charge < -0.3 is 10.1 Å². The number of benzene rings is 1. The van der Waals surface area contributed by atoms with Gasteiger partial charge >= 0.3 is 0 Å².